The normalized spacial score (nSPS) is 16.2. The van der Waals surface area contributed by atoms with Gasteiger partial charge in [0, 0.05) is 73.2 Å². The first-order valence-corrected chi connectivity index (χ1v) is 15.3. The van der Waals surface area contributed by atoms with Crippen LogP contribution in [0.2, 0.25) is 0 Å². The Morgan fingerprint density at radius 1 is 0.955 bits per heavy atom. The van der Waals surface area contributed by atoms with Crippen LogP contribution < -0.4 is 9.62 Å². The predicted molar refractivity (Wildman–Crippen MR) is 166 cm³/mol. The number of aryl methyl sites for hydroxylation is 1. The monoisotopic (exact) mass is 617 g/mol. The molecule has 0 radical (unpaired) electrons. The first-order chi connectivity index (χ1) is 20.9. The van der Waals surface area contributed by atoms with E-state index in [1.807, 2.05) is 50.9 Å². The molecule has 0 amide bonds. The minimum absolute atomic E-state index is 0.147. The van der Waals surface area contributed by atoms with Gasteiger partial charge in [-0.3, -0.25) is 4.68 Å². The highest BCUT2D eigenvalue weighted by Crippen LogP contribution is 2.34. The van der Waals surface area contributed by atoms with Crippen molar-refractivity contribution in [3.8, 4) is 11.1 Å². The molecule has 0 saturated heterocycles. The van der Waals surface area contributed by atoms with Crippen LogP contribution in [-0.2, 0) is 23.6 Å². The highest BCUT2D eigenvalue weighted by molar-refractivity contribution is 7.84. The summed E-state index contributed by atoms with van der Waals surface area (Å²) in [5.74, 6) is -0.0539. The third-order valence-corrected chi connectivity index (χ3v) is 9.48. The van der Waals surface area contributed by atoms with E-state index in [4.69, 9.17) is 0 Å². The molecular weight excluding hydrogens is 584 g/mol. The van der Waals surface area contributed by atoms with Crippen LogP contribution in [0.3, 0.4) is 0 Å². The van der Waals surface area contributed by atoms with Crippen LogP contribution in [0.4, 0.5) is 14.6 Å². The molecule has 1 aliphatic heterocycles. The smallest absolute Gasteiger partial charge is 0.156 e. The topological polar surface area (TPSA) is 106 Å². The standard InChI is InChI=1S/C31H33F2N9OS/c1-30(2,3)44(43)39-31(4,25-7-6-24(32)13-26(25)33)23-15-34-28(35-16-23)20-8-10-41(11-9-20)29-27-12-21(18-42(27)38-19-36-29)22-14-37-40(5)17-22/h6-8,12-19,39H,9-11H2,1-5H3/t31-,44?/m0/s1. The molecule has 2 atom stereocenters. The molecule has 1 unspecified atom stereocenters. The minimum Gasteiger partial charge on any atom is -0.351 e. The van der Waals surface area contributed by atoms with Crippen LogP contribution in [-0.4, -0.2) is 56.4 Å². The van der Waals surface area contributed by atoms with E-state index in [2.05, 4.69) is 46.9 Å². The lowest BCUT2D eigenvalue weighted by Gasteiger charge is -2.34. The van der Waals surface area contributed by atoms with Crippen molar-refractivity contribution in [2.24, 2.45) is 7.05 Å². The summed E-state index contributed by atoms with van der Waals surface area (Å²) in [7, 11) is 0.313. The third-order valence-electron chi connectivity index (χ3n) is 7.77. The maximum absolute atomic E-state index is 15.1. The van der Waals surface area contributed by atoms with Gasteiger partial charge in [-0.15, -0.1) is 0 Å². The van der Waals surface area contributed by atoms with Crippen LogP contribution in [0.5, 0.6) is 0 Å². The summed E-state index contributed by atoms with van der Waals surface area (Å²) < 4.78 is 48.0. The van der Waals surface area contributed by atoms with Gasteiger partial charge < -0.3 is 4.90 Å². The molecule has 0 saturated carbocycles. The zero-order chi connectivity index (χ0) is 31.2. The number of nitrogens with zero attached hydrogens (tertiary/aromatic N) is 8. The fraction of sp³-hybridized carbons (Fsp3) is 0.323. The molecule has 6 rings (SSSR count). The molecule has 44 heavy (non-hydrogen) atoms. The largest absolute Gasteiger partial charge is 0.351 e. The summed E-state index contributed by atoms with van der Waals surface area (Å²) in [6, 6.07) is 5.43. The zero-order valence-electron chi connectivity index (χ0n) is 25.1. The van der Waals surface area contributed by atoms with Gasteiger partial charge in [-0.2, -0.15) is 10.2 Å². The van der Waals surface area contributed by atoms with E-state index in [1.54, 1.807) is 30.3 Å². The summed E-state index contributed by atoms with van der Waals surface area (Å²) >= 11 is 0. The van der Waals surface area contributed by atoms with Crippen LogP contribution in [0.1, 0.15) is 51.1 Å². The van der Waals surface area contributed by atoms with Gasteiger partial charge in [0.25, 0.3) is 0 Å². The van der Waals surface area contributed by atoms with Gasteiger partial charge in [0.05, 0.1) is 27.5 Å². The van der Waals surface area contributed by atoms with Crippen molar-refractivity contribution in [3.05, 3.63) is 96.2 Å². The average Bonchev–Trinajstić information content (AvgIpc) is 3.63. The lowest BCUT2D eigenvalue weighted by atomic mass is 9.87. The second-order valence-electron chi connectivity index (χ2n) is 12.0. The van der Waals surface area contributed by atoms with Gasteiger partial charge >= 0.3 is 0 Å². The first-order valence-electron chi connectivity index (χ1n) is 14.2. The Bertz CT molecular complexity index is 1890. The highest BCUT2D eigenvalue weighted by atomic mass is 32.2. The van der Waals surface area contributed by atoms with Crippen LogP contribution in [0.15, 0.2) is 67.7 Å². The lowest BCUT2D eigenvalue weighted by molar-refractivity contribution is 0.479. The van der Waals surface area contributed by atoms with Crippen molar-refractivity contribution >= 4 is 27.9 Å². The molecule has 13 heteroatoms. The van der Waals surface area contributed by atoms with Crippen LogP contribution in [0, 0.1) is 11.6 Å². The number of hydrogen-bond acceptors (Lipinski definition) is 7. The maximum Gasteiger partial charge on any atom is 0.156 e. The fourth-order valence-electron chi connectivity index (χ4n) is 5.21. The molecule has 5 aromatic rings. The van der Waals surface area contributed by atoms with E-state index in [9.17, 15) is 8.60 Å². The molecule has 10 nitrogen and oxygen atoms in total. The van der Waals surface area contributed by atoms with Crippen molar-refractivity contribution < 1.29 is 13.0 Å². The van der Waals surface area contributed by atoms with E-state index in [-0.39, 0.29) is 5.56 Å². The number of nitrogens with one attached hydrogen (secondary N) is 1. The number of fused-ring (bicyclic) bond motifs is 1. The quantitative estimate of drug-likeness (QED) is 0.280. The Morgan fingerprint density at radius 2 is 1.73 bits per heavy atom. The van der Waals surface area contributed by atoms with Gasteiger partial charge in [0.1, 0.15) is 23.5 Å². The number of benzene rings is 1. The Kier molecular flexibility index (Phi) is 7.62. The summed E-state index contributed by atoms with van der Waals surface area (Å²) in [6.07, 6.45) is 13.3. The molecule has 5 heterocycles. The van der Waals surface area contributed by atoms with Crippen molar-refractivity contribution in [1.82, 2.24) is 39.1 Å². The van der Waals surface area contributed by atoms with Gasteiger partial charge in [0.15, 0.2) is 11.6 Å². The molecule has 1 aromatic carbocycles. The molecule has 228 valence electrons. The molecule has 0 bridgehead atoms. The van der Waals surface area contributed by atoms with Crippen LogP contribution >= 0.6 is 0 Å². The van der Waals surface area contributed by atoms with E-state index in [1.165, 1.54) is 12.1 Å². The second kappa shape index (κ2) is 11.3. The number of rotatable bonds is 7. The van der Waals surface area contributed by atoms with E-state index in [0.717, 1.165) is 34.1 Å². The third kappa shape index (κ3) is 5.64. The zero-order valence-corrected chi connectivity index (χ0v) is 25.9. The molecule has 4 aromatic heterocycles. The minimum atomic E-state index is -1.57. The van der Waals surface area contributed by atoms with Gasteiger partial charge in [-0.25, -0.2) is 37.2 Å². The van der Waals surface area contributed by atoms with Crippen molar-refractivity contribution in [3.63, 3.8) is 0 Å². The Hall–Kier alpha value is -4.36. The fourth-order valence-corrected chi connectivity index (χ4v) is 6.11. The Balaban J connectivity index is 1.25. The molecular formula is C31H33F2N9OS. The van der Waals surface area contributed by atoms with E-state index >= 15 is 4.39 Å². The lowest BCUT2D eigenvalue weighted by Crippen LogP contribution is -2.47. The summed E-state index contributed by atoms with van der Waals surface area (Å²) in [5.41, 5.74) is 3.26. The number of hydrogen-bond donors (Lipinski definition) is 1. The second-order valence-corrected chi connectivity index (χ2v) is 14.0. The number of anilines is 1. The van der Waals surface area contributed by atoms with Gasteiger partial charge in [-0.05, 0) is 51.8 Å². The molecule has 1 aliphatic rings. The first kappa shape index (κ1) is 29.7. The van der Waals surface area contributed by atoms with Crippen molar-refractivity contribution in [2.45, 2.75) is 44.4 Å². The predicted octanol–water partition coefficient (Wildman–Crippen LogP) is 4.81. The van der Waals surface area contributed by atoms with Crippen molar-refractivity contribution in [1.29, 1.82) is 0 Å². The van der Waals surface area contributed by atoms with Crippen molar-refractivity contribution in [2.75, 3.05) is 18.0 Å². The van der Waals surface area contributed by atoms with E-state index < -0.39 is 32.9 Å². The molecule has 0 spiro atoms. The van der Waals surface area contributed by atoms with Gasteiger partial charge in [0.2, 0.25) is 0 Å². The molecule has 0 aliphatic carbocycles. The SMILES string of the molecule is Cn1cc(-c2cc3c(N4CC=C(c5ncc([C@](C)(NS(=O)C(C)(C)C)c6ccc(F)cc6F)cn5)CC4)ncnn3c2)cn1. The van der Waals surface area contributed by atoms with E-state index in [0.29, 0.717) is 30.9 Å². The maximum atomic E-state index is 15.1. The summed E-state index contributed by atoms with van der Waals surface area (Å²) in [6.45, 7) is 8.45. The molecule has 1 N–H and O–H groups in total. The summed E-state index contributed by atoms with van der Waals surface area (Å²) in [5, 5.41) is 8.66. The average molecular weight is 618 g/mol. The number of aromatic nitrogens is 7. The summed E-state index contributed by atoms with van der Waals surface area (Å²) in [4.78, 5) is 16.0. The molecule has 0 fully saturated rings. The number of halogens is 2. The Labute approximate surface area is 256 Å². The highest BCUT2D eigenvalue weighted by Gasteiger charge is 2.37. The Morgan fingerprint density at radius 3 is 2.36 bits per heavy atom. The van der Waals surface area contributed by atoms with Gasteiger partial charge in [-0.1, -0.05) is 12.1 Å². The van der Waals surface area contributed by atoms with Crippen LogP contribution in [0.25, 0.3) is 22.2 Å².